The lowest BCUT2D eigenvalue weighted by Crippen LogP contribution is -2.52. The second-order valence-electron chi connectivity index (χ2n) is 8.54. The quantitative estimate of drug-likeness (QED) is 0.327. The molecule has 1 fully saturated rings. The molecule has 0 radical (unpaired) electrons. The molecule has 0 N–H and O–H groups in total. The van der Waals surface area contributed by atoms with E-state index in [0.717, 1.165) is 25.7 Å². The summed E-state index contributed by atoms with van der Waals surface area (Å²) in [5.41, 5.74) is -0.689. The van der Waals surface area contributed by atoms with E-state index in [9.17, 15) is 0 Å². The normalized spacial score (nSPS) is 28.8. The maximum atomic E-state index is 5.95. The molecule has 4 nitrogen and oxygen atoms in total. The molecule has 1 saturated carbocycles. The van der Waals surface area contributed by atoms with Gasteiger partial charge in [0.2, 0.25) is 5.79 Å². The van der Waals surface area contributed by atoms with Gasteiger partial charge in [0.05, 0.1) is 11.2 Å². The third-order valence-electron chi connectivity index (χ3n) is 5.85. The van der Waals surface area contributed by atoms with Gasteiger partial charge in [-0.05, 0) is 58.8 Å². The third-order valence-corrected chi connectivity index (χ3v) is 5.85. The van der Waals surface area contributed by atoms with Crippen molar-refractivity contribution >= 4 is 0 Å². The van der Waals surface area contributed by atoms with Crippen molar-refractivity contribution in [2.45, 2.75) is 105 Å². The number of rotatable bonds is 8. The summed E-state index contributed by atoms with van der Waals surface area (Å²) in [6.07, 6.45) is 3.55. The Morgan fingerprint density at radius 2 is 1.30 bits per heavy atom. The molecule has 0 spiro atoms. The van der Waals surface area contributed by atoms with Crippen LogP contribution in [0, 0.1) is 17.8 Å². The minimum Gasteiger partial charge on any atom is -0.228 e. The largest absolute Gasteiger partial charge is 0.236 e. The molecule has 3 atom stereocenters. The van der Waals surface area contributed by atoms with Crippen molar-refractivity contribution in [3.8, 4) is 0 Å². The van der Waals surface area contributed by atoms with Gasteiger partial charge in [-0.25, -0.2) is 9.78 Å². The van der Waals surface area contributed by atoms with Crippen molar-refractivity contribution in [2.24, 2.45) is 17.8 Å². The molecule has 138 valence electrons. The van der Waals surface area contributed by atoms with Gasteiger partial charge in [0.15, 0.2) is 0 Å². The Kier molecular flexibility index (Phi) is 7.10. The van der Waals surface area contributed by atoms with Crippen molar-refractivity contribution < 1.29 is 19.6 Å². The first-order chi connectivity index (χ1) is 10.5. The van der Waals surface area contributed by atoms with Crippen LogP contribution in [0.5, 0.6) is 0 Å². The zero-order chi connectivity index (χ0) is 17.9. The average Bonchev–Trinajstić information content (AvgIpc) is 2.51. The topological polar surface area (TPSA) is 36.9 Å². The Hall–Kier alpha value is -0.160. The minimum absolute atomic E-state index is 0.187. The molecular weight excluding hydrogens is 292 g/mol. The highest BCUT2D eigenvalue weighted by Crippen LogP contribution is 2.45. The van der Waals surface area contributed by atoms with Gasteiger partial charge in [-0.1, -0.05) is 34.6 Å². The number of hydrogen-bond donors (Lipinski definition) is 0. The highest BCUT2D eigenvalue weighted by molar-refractivity contribution is 4.87. The second kappa shape index (κ2) is 7.81. The fraction of sp³-hybridized carbons (Fsp3) is 1.00. The van der Waals surface area contributed by atoms with Gasteiger partial charge in [-0.3, -0.25) is 0 Å². The van der Waals surface area contributed by atoms with Crippen molar-refractivity contribution in [1.82, 2.24) is 0 Å². The fourth-order valence-corrected chi connectivity index (χ4v) is 2.55. The molecule has 0 aliphatic heterocycles. The highest BCUT2D eigenvalue weighted by Gasteiger charge is 2.50. The molecule has 1 aliphatic rings. The van der Waals surface area contributed by atoms with Crippen molar-refractivity contribution in [2.75, 3.05) is 0 Å². The smallest absolute Gasteiger partial charge is 0.228 e. The van der Waals surface area contributed by atoms with E-state index in [2.05, 4.69) is 34.6 Å². The van der Waals surface area contributed by atoms with Gasteiger partial charge in [-0.15, -0.1) is 0 Å². The fourth-order valence-electron chi connectivity index (χ4n) is 2.55. The van der Waals surface area contributed by atoms with Gasteiger partial charge in [0, 0.05) is 12.3 Å². The Labute approximate surface area is 143 Å². The first kappa shape index (κ1) is 20.9. The predicted octanol–water partition coefficient (Wildman–Crippen LogP) is 5.66. The lowest BCUT2D eigenvalue weighted by Gasteiger charge is -2.46. The van der Waals surface area contributed by atoms with Crippen LogP contribution in [0.3, 0.4) is 0 Å². The van der Waals surface area contributed by atoms with Crippen molar-refractivity contribution in [3.05, 3.63) is 0 Å². The van der Waals surface area contributed by atoms with E-state index in [-0.39, 0.29) is 17.1 Å². The molecule has 23 heavy (non-hydrogen) atoms. The SMILES string of the molecule is CCC(C)(C)OOC1(OOC(C)(C)CC)CCC(C)C(C)C1C. The van der Waals surface area contributed by atoms with Gasteiger partial charge in [-0.2, -0.15) is 9.78 Å². The van der Waals surface area contributed by atoms with E-state index >= 15 is 0 Å². The molecule has 4 heteroatoms. The van der Waals surface area contributed by atoms with Crippen LogP contribution >= 0.6 is 0 Å². The molecule has 1 rings (SSSR count). The van der Waals surface area contributed by atoms with Crippen LogP contribution in [0.4, 0.5) is 0 Å². The predicted molar refractivity (Wildman–Crippen MR) is 92.5 cm³/mol. The Morgan fingerprint density at radius 3 is 1.70 bits per heavy atom. The molecule has 0 aromatic carbocycles. The van der Waals surface area contributed by atoms with Crippen LogP contribution in [0.2, 0.25) is 0 Å². The first-order valence-electron chi connectivity index (χ1n) is 9.22. The monoisotopic (exact) mass is 330 g/mol. The molecule has 3 unspecified atom stereocenters. The molecular formula is C19H38O4. The highest BCUT2D eigenvalue weighted by atomic mass is 17.3. The summed E-state index contributed by atoms with van der Waals surface area (Å²) in [5.74, 6) is 0.464. The zero-order valence-electron chi connectivity index (χ0n) is 16.7. The molecule has 1 aliphatic carbocycles. The maximum absolute atomic E-state index is 5.95. The van der Waals surface area contributed by atoms with E-state index in [1.54, 1.807) is 0 Å². The molecule has 0 saturated heterocycles. The number of hydrogen-bond acceptors (Lipinski definition) is 4. The van der Waals surface area contributed by atoms with Crippen molar-refractivity contribution in [3.63, 3.8) is 0 Å². The lowest BCUT2D eigenvalue weighted by molar-refractivity contribution is -0.560. The first-order valence-corrected chi connectivity index (χ1v) is 9.22. The van der Waals surface area contributed by atoms with Crippen LogP contribution < -0.4 is 0 Å². The standard InChI is InChI=1S/C19H38O4/c1-10-17(6,7)20-22-19(23-21-18(8,9)11-2)13-12-14(3)15(4)16(19)5/h14-16H,10-13H2,1-9H3. The summed E-state index contributed by atoms with van der Waals surface area (Å²) in [5, 5.41) is 0. The van der Waals surface area contributed by atoms with Gasteiger partial charge in [0.1, 0.15) is 0 Å². The average molecular weight is 331 g/mol. The molecule has 0 aromatic rings. The van der Waals surface area contributed by atoms with Crippen LogP contribution in [-0.2, 0) is 19.6 Å². The summed E-state index contributed by atoms with van der Waals surface area (Å²) in [6, 6.07) is 0. The zero-order valence-corrected chi connectivity index (χ0v) is 16.7. The summed E-state index contributed by atoms with van der Waals surface area (Å²) in [6.45, 7) is 19.0. The van der Waals surface area contributed by atoms with Gasteiger partial charge in [0.25, 0.3) is 0 Å². The van der Waals surface area contributed by atoms with E-state index in [4.69, 9.17) is 19.6 Å². The van der Waals surface area contributed by atoms with Crippen LogP contribution in [-0.4, -0.2) is 17.0 Å². The van der Waals surface area contributed by atoms with E-state index in [0.29, 0.717) is 11.8 Å². The van der Waals surface area contributed by atoms with Gasteiger partial charge >= 0.3 is 0 Å². The van der Waals surface area contributed by atoms with Crippen LogP contribution in [0.15, 0.2) is 0 Å². The Morgan fingerprint density at radius 1 is 0.870 bits per heavy atom. The molecule has 0 amide bonds. The Balaban J connectivity index is 2.91. The molecule has 0 heterocycles. The minimum atomic E-state index is -0.842. The van der Waals surface area contributed by atoms with E-state index in [1.807, 2.05) is 27.7 Å². The molecule has 0 aromatic heterocycles. The van der Waals surface area contributed by atoms with Crippen molar-refractivity contribution in [1.29, 1.82) is 0 Å². The Bertz CT molecular complexity index is 344. The summed E-state index contributed by atoms with van der Waals surface area (Å²) < 4.78 is 0. The van der Waals surface area contributed by atoms with Gasteiger partial charge < -0.3 is 0 Å². The summed E-state index contributed by atoms with van der Waals surface area (Å²) in [7, 11) is 0. The third kappa shape index (κ3) is 5.42. The second-order valence-corrected chi connectivity index (χ2v) is 8.54. The van der Waals surface area contributed by atoms with Crippen LogP contribution in [0.25, 0.3) is 0 Å². The maximum Gasteiger partial charge on any atom is 0.236 e. The van der Waals surface area contributed by atoms with E-state index < -0.39 is 5.79 Å². The molecule has 0 bridgehead atoms. The summed E-state index contributed by atoms with van der Waals surface area (Å²) >= 11 is 0. The van der Waals surface area contributed by atoms with Crippen LogP contribution in [0.1, 0.15) is 88.0 Å². The van der Waals surface area contributed by atoms with E-state index in [1.165, 1.54) is 0 Å². The lowest BCUT2D eigenvalue weighted by atomic mass is 9.71. The summed E-state index contributed by atoms with van der Waals surface area (Å²) in [4.78, 5) is 23.4.